The van der Waals surface area contributed by atoms with Crippen molar-refractivity contribution in [2.24, 2.45) is 4.99 Å². The third kappa shape index (κ3) is 6.98. The fourth-order valence-corrected chi connectivity index (χ4v) is 3.30. The van der Waals surface area contributed by atoms with E-state index in [0.29, 0.717) is 6.54 Å². The van der Waals surface area contributed by atoms with Gasteiger partial charge in [-0.15, -0.1) is 24.0 Å². The maximum absolute atomic E-state index is 13.5. The van der Waals surface area contributed by atoms with Crippen LogP contribution >= 0.6 is 24.0 Å². The summed E-state index contributed by atoms with van der Waals surface area (Å²) in [6.45, 7) is 5.13. The van der Waals surface area contributed by atoms with Crippen molar-refractivity contribution >= 4 is 40.8 Å². The lowest BCUT2D eigenvalue weighted by Crippen LogP contribution is -2.38. The fraction of sp³-hybridized carbons (Fsp3) is 0.348. The SMILES string of the molecule is CCNC(=NCc1ccc(CN(C)C)cc1)NCCc1c[nH]c2ccc(F)cc12.I. The third-order valence-corrected chi connectivity index (χ3v) is 4.70. The van der Waals surface area contributed by atoms with Gasteiger partial charge in [0, 0.05) is 36.7 Å². The molecule has 162 valence electrons. The summed E-state index contributed by atoms with van der Waals surface area (Å²) >= 11 is 0. The van der Waals surface area contributed by atoms with Crippen LogP contribution in [0.1, 0.15) is 23.6 Å². The van der Waals surface area contributed by atoms with Crippen LogP contribution in [-0.4, -0.2) is 43.0 Å². The van der Waals surface area contributed by atoms with Crippen molar-refractivity contribution in [3.05, 3.63) is 71.2 Å². The van der Waals surface area contributed by atoms with E-state index in [1.165, 1.54) is 17.2 Å². The highest BCUT2D eigenvalue weighted by Crippen LogP contribution is 2.19. The summed E-state index contributed by atoms with van der Waals surface area (Å²) in [6, 6.07) is 13.4. The van der Waals surface area contributed by atoms with Gasteiger partial charge in [-0.05, 0) is 62.3 Å². The van der Waals surface area contributed by atoms with Crippen LogP contribution in [-0.2, 0) is 19.5 Å². The maximum Gasteiger partial charge on any atom is 0.191 e. The van der Waals surface area contributed by atoms with Gasteiger partial charge >= 0.3 is 0 Å². The van der Waals surface area contributed by atoms with Gasteiger partial charge in [0.05, 0.1) is 6.54 Å². The molecule has 0 atom stereocenters. The number of halogens is 2. The lowest BCUT2D eigenvalue weighted by molar-refractivity contribution is 0.402. The van der Waals surface area contributed by atoms with Crippen LogP contribution in [0.2, 0.25) is 0 Å². The van der Waals surface area contributed by atoms with Gasteiger partial charge in [0.1, 0.15) is 5.82 Å². The number of aromatic nitrogens is 1. The zero-order valence-electron chi connectivity index (χ0n) is 17.8. The smallest absolute Gasteiger partial charge is 0.191 e. The zero-order valence-corrected chi connectivity index (χ0v) is 20.2. The summed E-state index contributed by atoms with van der Waals surface area (Å²) in [5, 5.41) is 7.59. The Labute approximate surface area is 195 Å². The van der Waals surface area contributed by atoms with Crippen LogP contribution in [0.4, 0.5) is 4.39 Å². The van der Waals surface area contributed by atoms with Crippen LogP contribution < -0.4 is 10.6 Å². The topological polar surface area (TPSA) is 55.5 Å². The quantitative estimate of drug-likeness (QED) is 0.235. The van der Waals surface area contributed by atoms with E-state index in [1.807, 2.05) is 6.20 Å². The van der Waals surface area contributed by atoms with Gasteiger partial charge in [-0.1, -0.05) is 24.3 Å². The number of guanidine groups is 1. The number of nitrogens with one attached hydrogen (secondary N) is 3. The van der Waals surface area contributed by atoms with Crippen LogP contribution in [0.5, 0.6) is 0 Å². The van der Waals surface area contributed by atoms with Gasteiger partial charge in [0.15, 0.2) is 5.96 Å². The zero-order chi connectivity index (χ0) is 20.6. The van der Waals surface area contributed by atoms with Crippen molar-refractivity contribution < 1.29 is 4.39 Å². The maximum atomic E-state index is 13.5. The summed E-state index contributed by atoms with van der Waals surface area (Å²) in [4.78, 5) is 10.0. The summed E-state index contributed by atoms with van der Waals surface area (Å²) in [6.07, 6.45) is 2.73. The standard InChI is InChI=1S/C23H30FN5.HI/c1-4-25-23(28-14-17-5-7-18(8-6-17)16-29(2)3)26-12-11-19-15-27-22-10-9-20(24)13-21(19)22;/h5-10,13,15,27H,4,11-12,14,16H2,1-3H3,(H2,25,26,28);1H. The van der Waals surface area contributed by atoms with E-state index in [9.17, 15) is 4.39 Å². The summed E-state index contributed by atoms with van der Waals surface area (Å²) in [5.74, 6) is 0.578. The Balaban J connectivity index is 0.00000320. The van der Waals surface area contributed by atoms with Gasteiger partial charge < -0.3 is 20.5 Å². The highest BCUT2D eigenvalue weighted by Gasteiger charge is 2.05. The number of nitrogens with zero attached hydrogens (tertiary/aromatic N) is 2. The van der Waals surface area contributed by atoms with E-state index in [1.54, 1.807) is 12.1 Å². The van der Waals surface area contributed by atoms with Crippen molar-refractivity contribution in [2.45, 2.75) is 26.4 Å². The molecule has 5 nitrogen and oxygen atoms in total. The molecular weight excluding hydrogens is 492 g/mol. The lowest BCUT2D eigenvalue weighted by atomic mass is 10.1. The molecule has 3 N–H and O–H groups in total. The summed E-state index contributed by atoms with van der Waals surface area (Å²) < 4.78 is 13.5. The molecule has 2 aromatic carbocycles. The first-order chi connectivity index (χ1) is 14.0. The Kier molecular flexibility index (Phi) is 9.58. The van der Waals surface area contributed by atoms with Gasteiger partial charge in [0.2, 0.25) is 0 Å². The number of fused-ring (bicyclic) bond motifs is 1. The van der Waals surface area contributed by atoms with Crippen molar-refractivity contribution in [1.82, 2.24) is 20.5 Å². The second-order valence-electron chi connectivity index (χ2n) is 7.43. The van der Waals surface area contributed by atoms with Gasteiger partial charge in [-0.2, -0.15) is 0 Å². The van der Waals surface area contributed by atoms with E-state index in [4.69, 9.17) is 0 Å². The van der Waals surface area contributed by atoms with E-state index in [-0.39, 0.29) is 29.8 Å². The number of H-pyrrole nitrogens is 1. The lowest BCUT2D eigenvalue weighted by Gasteiger charge is -2.12. The molecule has 0 aliphatic rings. The Hall–Kier alpha value is -2.13. The van der Waals surface area contributed by atoms with Crippen LogP contribution in [0, 0.1) is 5.82 Å². The number of aromatic amines is 1. The van der Waals surface area contributed by atoms with Crippen molar-refractivity contribution in [3.63, 3.8) is 0 Å². The number of aliphatic imine (C=N–C) groups is 1. The Morgan fingerprint density at radius 1 is 1.07 bits per heavy atom. The Bertz CT molecular complexity index is 950. The number of benzene rings is 2. The molecule has 0 fully saturated rings. The second kappa shape index (κ2) is 11.9. The minimum atomic E-state index is -0.210. The van der Waals surface area contributed by atoms with Crippen LogP contribution in [0.25, 0.3) is 10.9 Å². The predicted octanol–water partition coefficient (Wildman–Crippen LogP) is 4.28. The highest BCUT2D eigenvalue weighted by atomic mass is 127. The van der Waals surface area contributed by atoms with Gasteiger partial charge in [-0.25, -0.2) is 9.38 Å². The molecule has 0 amide bonds. The van der Waals surface area contributed by atoms with E-state index < -0.39 is 0 Å². The molecular formula is C23H31FIN5. The first kappa shape index (κ1) is 24.1. The summed E-state index contributed by atoms with van der Waals surface area (Å²) in [5.41, 5.74) is 4.53. The van der Waals surface area contributed by atoms with Crippen molar-refractivity contribution in [1.29, 1.82) is 0 Å². The van der Waals surface area contributed by atoms with Crippen LogP contribution in [0.3, 0.4) is 0 Å². The molecule has 3 aromatic rings. The molecule has 0 unspecified atom stereocenters. The second-order valence-corrected chi connectivity index (χ2v) is 7.43. The molecule has 1 heterocycles. The first-order valence-corrected chi connectivity index (χ1v) is 10.1. The largest absolute Gasteiger partial charge is 0.361 e. The van der Waals surface area contributed by atoms with Crippen molar-refractivity contribution in [2.75, 3.05) is 27.2 Å². The van der Waals surface area contributed by atoms with E-state index in [0.717, 1.165) is 48.5 Å². The normalized spacial score (nSPS) is 11.6. The molecule has 3 rings (SSSR count). The van der Waals surface area contributed by atoms with Crippen molar-refractivity contribution in [3.8, 4) is 0 Å². The Morgan fingerprint density at radius 2 is 1.80 bits per heavy atom. The minimum absolute atomic E-state index is 0. The van der Waals surface area contributed by atoms with Crippen LogP contribution in [0.15, 0.2) is 53.7 Å². The molecule has 1 aromatic heterocycles. The molecule has 0 bridgehead atoms. The molecule has 7 heteroatoms. The molecule has 30 heavy (non-hydrogen) atoms. The number of rotatable bonds is 8. The molecule has 0 saturated carbocycles. The molecule has 0 radical (unpaired) electrons. The average Bonchev–Trinajstić information content (AvgIpc) is 3.09. The number of hydrogen-bond donors (Lipinski definition) is 3. The molecule has 0 spiro atoms. The minimum Gasteiger partial charge on any atom is -0.361 e. The monoisotopic (exact) mass is 523 g/mol. The highest BCUT2D eigenvalue weighted by molar-refractivity contribution is 14.0. The van der Waals surface area contributed by atoms with E-state index in [2.05, 4.69) is 70.8 Å². The molecule has 0 saturated heterocycles. The van der Waals surface area contributed by atoms with E-state index >= 15 is 0 Å². The van der Waals surface area contributed by atoms with Gasteiger partial charge in [-0.3, -0.25) is 0 Å². The predicted molar refractivity (Wildman–Crippen MR) is 134 cm³/mol. The summed E-state index contributed by atoms with van der Waals surface area (Å²) in [7, 11) is 4.14. The third-order valence-electron chi connectivity index (χ3n) is 4.70. The first-order valence-electron chi connectivity index (χ1n) is 10.1. The Morgan fingerprint density at radius 3 is 2.50 bits per heavy atom. The molecule has 0 aliphatic heterocycles. The fourth-order valence-electron chi connectivity index (χ4n) is 3.30. The average molecular weight is 523 g/mol. The molecule has 0 aliphatic carbocycles. The van der Waals surface area contributed by atoms with Gasteiger partial charge in [0.25, 0.3) is 0 Å². The number of hydrogen-bond acceptors (Lipinski definition) is 2.